The van der Waals surface area contributed by atoms with Crippen molar-refractivity contribution < 1.29 is 8.42 Å². The van der Waals surface area contributed by atoms with Crippen LogP contribution in [-0.4, -0.2) is 26.0 Å². The molecule has 0 saturated heterocycles. The summed E-state index contributed by atoms with van der Waals surface area (Å²) in [6.07, 6.45) is 0. The molecule has 1 unspecified atom stereocenters. The molecule has 4 nitrogen and oxygen atoms in total. The number of nitriles is 1. The first-order valence-corrected chi connectivity index (χ1v) is 4.63. The van der Waals surface area contributed by atoms with Crippen molar-refractivity contribution in [2.24, 2.45) is 5.73 Å². The molecule has 0 amide bonds. The normalized spacial score (nSPS) is 14.1. The molecule has 1 atom stereocenters. The maximum atomic E-state index is 10.7. The van der Waals surface area contributed by atoms with Crippen LogP contribution in [-0.2, 0) is 9.84 Å². The van der Waals surface area contributed by atoms with Crippen molar-refractivity contribution in [2.45, 2.75) is 13.0 Å². The molecule has 10 heavy (non-hydrogen) atoms. The van der Waals surface area contributed by atoms with Crippen molar-refractivity contribution in [1.29, 1.82) is 5.26 Å². The first-order chi connectivity index (χ1) is 4.48. The first kappa shape index (κ1) is 9.40. The summed E-state index contributed by atoms with van der Waals surface area (Å²) in [5.41, 5.74) is 5.22. The molecule has 0 fully saturated rings. The van der Waals surface area contributed by atoms with Gasteiger partial charge < -0.3 is 5.73 Å². The van der Waals surface area contributed by atoms with Crippen LogP contribution in [0.3, 0.4) is 0 Å². The van der Waals surface area contributed by atoms with E-state index in [0.29, 0.717) is 0 Å². The van der Waals surface area contributed by atoms with E-state index in [-0.39, 0.29) is 5.75 Å². The van der Waals surface area contributed by atoms with Crippen LogP contribution in [0.25, 0.3) is 0 Å². The highest BCUT2D eigenvalue weighted by Crippen LogP contribution is 1.90. The van der Waals surface area contributed by atoms with Gasteiger partial charge in [-0.15, -0.1) is 0 Å². The average molecular weight is 162 g/mol. The number of nitrogens with two attached hydrogens (primary N) is 1. The molecule has 0 aliphatic carbocycles. The summed E-state index contributed by atoms with van der Waals surface area (Å²) in [5.74, 6) is -0.547. The van der Waals surface area contributed by atoms with E-state index in [1.165, 1.54) is 0 Å². The Labute approximate surface area is 60.6 Å². The zero-order valence-electron chi connectivity index (χ0n) is 5.74. The number of nitrogens with zero attached hydrogens (tertiary/aromatic N) is 1. The van der Waals surface area contributed by atoms with Gasteiger partial charge in [0.1, 0.15) is 5.75 Å². The monoisotopic (exact) mass is 162 g/mol. The lowest BCUT2D eigenvalue weighted by atomic mass is 10.4. The van der Waals surface area contributed by atoms with Crippen LogP contribution < -0.4 is 5.73 Å². The third kappa shape index (κ3) is 4.30. The van der Waals surface area contributed by atoms with E-state index in [4.69, 9.17) is 11.0 Å². The Bertz CT molecular complexity index is 225. The van der Waals surface area contributed by atoms with Gasteiger partial charge in [0, 0.05) is 6.04 Å². The lowest BCUT2D eigenvalue weighted by Gasteiger charge is -2.01. The molecule has 58 valence electrons. The second-order valence-corrected chi connectivity index (χ2v) is 4.30. The minimum Gasteiger partial charge on any atom is -0.327 e. The van der Waals surface area contributed by atoms with Gasteiger partial charge in [0.05, 0.1) is 11.8 Å². The van der Waals surface area contributed by atoms with E-state index in [0.717, 1.165) is 0 Å². The van der Waals surface area contributed by atoms with Crippen molar-refractivity contribution >= 4 is 9.84 Å². The molecule has 0 aromatic heterocycles. The fourth-order valence-corrected chi connectivity index (χ4v) is 1.67. The van der Waals surface area contributed by atoms with Crippen molar-refractivity contribution in [3.63, 3.8) is 0 Å². The zero-order chi connectivity index (χ0) is 8.20. The van der Waals surface area contributed by atoms with E-state index in [9.17, 15) is 8.42 Å². The summed E-state index contributed by atoms with van der Waals surface area (Å²) in [7, 11) is -3.22. The van der Waals surface area contributed by atoms with Gasteiger partial charge in [-0.25, -0.2) is 8.42 Å². The highest BCUT2D eigenvalue weighted by Gasteiger charge is 2.11. The standard InChI is InChI=1S/C5H10N2O2S/c1-5(7)4-10(8,9)3-2-6/h5H,3-4,7H2,1H3. The van der Waals surface area contributed by atoms with Gasteiger partial charge >= 0.3 is 0 Å². The average Bonchev–Trinajstić information content (AvgIpc) is 1.59. The van der Waals surface area contributed by atoms with Crippen molar-refractivity contribution in [2.75, 3.05) is 11.5 Å². The van der Waals surface area contributed by atoms with E-state index < -0.39 is 21.6 Å². The Morgan fingerprint density at radius 3 is 2.50 bits per heavy atom. The first-order valence-electron chi connectivity index (χ1n) is 2.81. The molecule has 5 heteroatoms. The lowest BCUT2D eigenvalue weighted by molar-refractivity contribution is 0.593. The van der Waals surface area contributed by atoms with Crippen LogP contribution >= 0.6 is 0 Å². The highest BCUT2D eigenvalue weighted by molar-refractivity contribution is 7.91. The summed E-state index contributed by atoms with van der Waals surface area (Å²) in [6.45, 7) is 1.59. The molecule has 0 aromatic rings. The summed E-state index contributed by atoms with van der Waals surface area (Å²) in [5, 5.41) is 8.04. The van der Waals surface area contributed by atoms with Gasteiger partial charge in [-0.2, -0.15) is 5.26 Å². The molecule has 0 saturated carbocycles. The molecule has 0 rings (SSSR count). The molecule has 0 aliphatic rings. The molecular weight excluding hydrogens is 152 g/mol. The van der Waals surface area contributed by atoms with Crippen LogP contribution in [0.4, 0.5) is 0 Å². The van der Waals surface area contributed by atoms with E-state index in [1.54, 1.807) is 13.0 Å². The minimum atomic E-state index is -3.22. The minimum absolute atomic E-state index is 0.111. The summed E-state index contributed by atoms with van der Waals surface area (Å²) in [4.78, 5) is 0. The van der Waals surface area contributed by atoms with Gasteiger partial charge in [0.2, 0.25) is 0 Å². The van der Waals surface area contributed by atoms with Crippen LogP contribution in [0.2, 0.25) is 0 Å². The number of rotatable bonds is 3. The molecule has 0 radical (unpaired) electrons. The third-order valence-corrected chi connectivity index (χ3v) is 2.40. The van der Waals surface area contributed by atoms with Gasteiger partial charge in [0.25, 0.3) is 0 Å². The van der Waals surface area contributed by atoms with Gasteiger partial charge in [-0.3, -0.25) is 0 Å². The SMILES string of the molecule is CC(N)CS(=O)(=O)CC#N. The summed E-state index contributed by atoms with van der Waals surface area (Å²) in [6, 6.07) is 1.18. The second kappa shape index (κ2) is 3.54. The fourth-order valence-electron chi connectivity index (χ4n) is 0.558. The molecule has 0 aromatic carbocycles. The number of hydrogen-bond donors (Lipinski definition) is 1. The van der Waals surface area contributed by atoms with E-state index in [1.807, 2.05) is 0 Å². The second-order valence-electron chi connectivity index (χ2n) is 2.19. The van der Waals surface area contributed by atoms with E-state index >= 15 is 0 Å². The van der Waals surface area contributed by atoms with Crippen molar-refractivity contribution in [3.05, 3.63) is 0 Å². The predicted molar refractivity (Wildman–Crippen MR) is 37.9 cm³/mol. The zero-order valence-corrected chi connectivity index (χ0v) is 6.56. The largest absolute Gasteiger partial charge is 0.327 e. The topological polar surface area (TPSA) is 84.0 Å². The Balaban J connectivity index is 4.05. The van der Waals surface area contributed by atoms with Crippen LogP contribution in [0.15, 0.2) is 0 Å². The van der Waals surface area contributed by atoms with Crippen molar-refractivity contribution in [1.82, 2.24) is 0 Å². The molecule has 0 aliphatic heterocycles. The van der Waals surface area contributed by atoms with Crippen LogP contribution in [0, 0.1) is 11.3 Å². The molecular formula is C5H10N2O2S. The number of sulfone groups is 1. The van der Waals surface area contributed by atoms with Crippen LogP contribution in [0.5, 0.6) is 0 Å². The van der Waals surface area contributed by atoms with Gasteiger partial charge in [-0.05, 0) is 6.92 Å². The molecule has 0 spiro atoms. The summed E-state index contributed by atoms with van der Waals surface area (Å²) < 4.78 is 21.5. The van der Waals surface area contributed by atoms with Gasteiger partial charge in [0.15, 0.2) is 9.84 Å². The van der Waals surface area contributed by atoms with E-state index in [2.05, 4.69) is 0 Å². The lowest BCUT2D eigenvalue weighted by Crippen LogP contribution is -2.27. The van der Waals surface area contributed by atoms with Crippen molar-refractivity contribution in [3.8, 4) is 6.07 Å². The molecule has 0 heterocycles. The maximum absolute atomic E-state index is 10.7. The molecule has 0 bridgehead atoms. The predicted octanol–water partition coefficient (Wildman–Crippen LogP) is -0.728. The Kier molecular flexibility index (Phi) is 3.33. The third-order valence-electron chi connectivity index (χ3n) is 0.801. The molecule has 2 N–H and O–H groups in total. The quantitative estimate of drug-likeness (QED) is 0.593. The van der Waals surface area contributed by atoms with Gasteiger partial charge in [-0.1, -0.05) is 0 Å². The smallest absolute Gasteiger partial charge is 0.165 e. The Morgan fingerprint density at radius 1 is 1.70 bits per heavy atom. The Hall–Kier alpha value is -0.600. The summed E-state index contributed by atoms with van der Waals surface area (Å²) >= 11 is 0. The number of hydrogen-bond acceptors (Lipinski definition) is 4. The maximum Gasteiger partial charge on any atom is 0.165 e. The Morgan fingerprint density at radius 2 is 2.20 bits per heavy atom. The van der Waals surface area contributed by atoms with Crippen LogP contribution in [0.1, 0.15) is 6.92 Å². The highest BCUT2D eigenvalue weighted by atomic mass is 32.2. The fraction of sp³-hybridized carbons (Fsp3) is 0.800.